The molecule has 0 saturated heterocycles. The van der Waals surface area contributed by atoms with Gasteiger partial charge in [-0.25, -0.2) is 0 Å². The molecule has 2 nitrogen and oxygen atoms in total. The first-order valence-electron chi connectivity index (χ1n) is 7.25. The Hall–Kier alpha value is -1.61. The molecule has 3 heteroatoms. The number of hydrogen-bond acceptors (Lipinski definition) is 3. The zero-order valence-corrected chi connectivity index (χ0v) is 13.9. The van der Waals surface area contributed by atoms with Crippen molar-refractivity contribution in [3.63, 3.8) is 0 Å². The number of carbonyl (C=O) groups is 1. The van der Waals surface area contributed by atoms with Crippen LogP contribution < -0.4 is 4.74 Å². The van der Waals surface area contributed by atoms with E-state index in [1.807, 2.05) is 31.2 Å². The highest BCUT2D eigenvalue weighted by Gasteiger charge is 2.17. The van der Waals surface area contributed by atoms with Gasteiger partial charge in [-0.1, -0.05) is 32.9 Å². The van der Waals surface area contributed by atoms with Crippen LogP contribution in [0.3, 0.4) is 0 Å². The Balaban J connectivity index is 1.96. The summed E-state index contributed by atoms with van der Waals surface area (Å²) in [6, 6.07) is 11.9. The van der Waals surface area contributed by atoms with E-state index in [1.165, 1.54) is 16.9 Å². The smallest absolute Gasteiger partial charge is 0.210 e. The first-order chi connectivity index (χ1) is 9.92. The number of benzene rings is 1. The first kappa shape index (κ1) is 15.8. The molecule has 0 N–H and O–H groups in total. The molecule has 0 fully saturated rings. The highest BCUT2D eigenvalue weighted by molar-refractivity contribution is 7.14. The van der Waals surface area contributed by atoms with Crippen molar-refractivity contribution in [1.82, 2.24) is 0 Å². The predicted molar refractivity (Wildman–Crippen MR) is 88.6 cm³/mol. The maximum Gasteiger partial charge on any atom is 0.210 e. The second kappa shape index (κ2) is 6.44. The number of ketones is 1. The van der Waals surface area contributed by atoms with E-state index in [0.29, 0.717) is 0 Å². The van der Waals surface area contributed by atoms with Gasteiger partial charge in [-0.15, -0.1) is 11.3 Å². The highest BCUT2D eigenvalue weighted by atomic mass is 32.1. The molecule has 0 bridgehead atoms. The van der Waals surface area contributed by atoms with E-state index >= 15 is 0 Å². The quantitative estimate of drug-likeness (QED) is 0.701. The molecule has 0 aliphatic rings. The van der Waals surface area contributed by atoms with Crippen LogP contribution in [-0.4, -0.2) is 12.4 Å². The van der Waals surface area contributed by atoms with Crippen LogP contribution in [0.15, 0.2) is 36.4 Å². The van der Waals surface area contributed by atoms with Crippen molar-refractivity contribution >= 4 is 17.1 Å². The van der Waals surface area contributed by atoms with Gasteiger partial charge in [0.05, 0.1) is 4.88 Å². The Morgan fingerprint density at radius 2 is 1.81 bits per heavy atom. The first-order valence-corrected chi connectivity index (χ1v) is 8.07. The van der Waals surface area contributed by atoms with E-state index in [4.69, 9.17) is 4.74 Å². The van der Waals surface area contributed by atoms with Gasteiger partial charge in [0.2, 0.25) is 5.78 Å². The van der Waals surface area contributed by atoms with Gasteiger partial charge >= 0.3 is 0 Å². The Morgan fingerprint density at radius 3 is 2.33 bits per heavy atom. The van der Waals surface area contributed by atoms with Crippen LogP contribution in [0.5, 0.6) is 5.75 Å². The van der Waals surface area contributed by atoms with Crippen LogP contribution >= 0.6 is 11.3 Å². The fraction of sp³-hybridized carbons (Fsp3) is 0.389. The van der Waals surface area contributed by atoms with Crippen molar-refractivity contribution in [2.45, 2.75) is 39.5 Å². The summed E-state index contributed by atoms with van der Waals surface area (Å²) in [5.41, 5.74) is 1.46. The van der Waals surface area contributed by atoms with Crippen molar-refractivity contribution in [2.24, 2.45) is 0 Å². The lowest BCUT2D eigenvalue weighted by molar-refractivity contribution is 0.0925. The summed E-state index contributed by atoms with van der Waals surface area (Å²) < 4.78 is 5.59. The van der Waals surface area contributed by atoms with Crippen LogP contribution in [-0.2, 0) is 5.41 Å². The third-order valence-electron chi connectivity index (χ3n) is 3.90. The molecular weight excluding hydrogens is 280 g/mol. The van der Waals surface area contributed by atoms with E-state index in [0.717, 1.165) is 21.9 Å². The number of Topliss-reactive ketones (excluding diaryl/α,β-unsaturated/α-hetero) is 1. The third-order valence-corrected chi connectivity index (χ3v) is 4.95. The lowest BCUT2D eigenvalue weighted by Gasteiger charge is -2.23. The molecule has 0 saturated carbocycles. The number of aryl methyl sites for hydroxylation is 1. The summed E-state index contributed by atoms with van der Waals surface area (Å²) in [6.45, 7) is 8.73. The van der Waals surface area contributed by atoms with Crippen LogP contribution in [0.25, 0.3) is 0 Å². The van der Waals surface area contributed by atoms with Gasteiger partial charge in [0.1, 0.15) is 5.75 Å². The van der Waals surface area contributed by atoms with Gasteiger partial charge in [-0.2, -0.15) is 0 Å². The number of thiophene rings is 1. The van der Waals surface area contributed by atoms with Crippen LogP contribution in [0.2, 0.25) is 0 Å². The molecule has 0 unspecified atom stereocenters. The second-order valence-corrected chi connectivity index (χ2v) is 7.17. The molecule has 0 aliphatic heterocycles. The molecule has 21 heavy (non-hydrogen) atoms. The molecule has 0 spiro atoms. The number of hydrogen-bond donors (Lipinski definition) is 0. The minimum Gasteiger partial charge on any atom is -0.485 e. The van der Waals surface area contributed by atoms with Gasteiger partial charge in [0, 0.05) is 4.88 Å². The molecule has 0 atom stereocenters. The number of carbonyl (C=O) groups excluding carboxylic acids is 1. The van der Waals surface area contributed by atoms with Crippen molar-refractivity contribution in [3.05, 3.63) is 51.7 Å². The maximum absolute atomic E-state index is 12.0. The topological polar surface area (TPSA) is 26.3 Å². The van der Waals surface area contributed by atoms with E-state index < -0.39 is 0 Å². The minimum absolute atomic E-state index is 0.0334. The molecule has 112 valence electrons. The normalized spacial score (nSPS) is 11.4. The van der Waals surface area contributed by atoms with Gasteiger partial charge in [-0.05, 0) is 48.6 Å². The number of ether oxygens (including phenoxy) is 1. The minimum atomic E-state index is 0.0334. The van der Waals surface area contributed by atoms with E-state index in [1.54, 1.807) is 0 Å². The molecular formula is C18H22O2S. The molecule has 1 aromatic carbocycles. The molecule has 1 heterocycles. The fourth-order valence-electron chi connectivity index (χ4n) is 2.01. The molecule has 0 radical (unpaired) electrons. The van der Waals surface area contributed by atoms with Crippen molar-refractivity contribution in [3.8, 4) is 5.75 Å². The average Bonchev–Trinajstić information content (AvgIpc) is 2.92. The summed E-state index contributed by atoms with van der Waals surface area (Å²) in [7, 11) is 0. The summed E-state index contributed by atoms with van der Waals surface area (Å²) in [6.07, 6.45) is 1.09. The zero-order chi connectivity index (χ0) is 15.5. The molecule has 0 aliphatic carbocycles. The van der Waals surface area contributed by atoms with Gasteiger partial charge < -0.3 is 4.74 Å². The SMILES string of the molecule is CCC(C)(C)c1ccc(OCC(=O)c2ccc(C)s2)cc1. The molecule has 2 aromatic rings. The standard InChI is InChI=1S/C18H22O2S/c1-5-18(3,4)14-7-9-15(10-8-14)20-12-16(19)17-11-6-13(2)21-17/h6-11H,5,12H2,1-4H3. The van der Waals surface area contributed by atoms with Crippen molar-refractivity contribution < 1.29 is 9.53 Å². The summed E-state index contributed by atoms with van der Waals surface area (Å²) in [5.74, 6) is 0.776. The van der Waals surface area contributed by atoms with Crippen LogP contribution in [0.1, 0.15) is 47.3 Å². The Labute approximate surface area is 130 Å². The van der Waals surface area contributed by atoms with E-state index in [9.17, 15) is 4.79 Å². The summed E-state index contributed by atoms with van der Waals surface area (Å²) in [4.78, 5) is 13.9. The van der Waals surface area contributed by atoms with Crippen LogP contribution in [0.4, 0.5) is 0 Å². The Bertz CT molecular complexity index is 608. The summed E-state index contributed by atoms with van der Waals surface area (Å²) >= 11 is 1.51. The van der Waals surface area contributed by atoms with Crippen molar-refractivity contribution in [2.75, 3.05) is 6.61 Å². The van der Waals surface area contributed by atoms with Crippen LogP contribution in [0, 0.1) is 6.92 Å². The molecule has 1 aromatic heterocycles. The monoisotopic (exact) mass is 302 g/mol. The zero-order valence-electron chi connectivity index (χ0n) is 13.1. The third kappa shape index (κ3) is 3.94. The van der Waals surface area contributed by atoms with Gasteiger partial charge in [0.25, 0.3) is 0 Å². The molecule has 0 amide bonds. The Morgan fingerprint density at radius 1 is 1.14 bits per heavy atom. The fourth-order valence-corrected chi connectivity index (χ4v) is 2.80. The average molecular weight is 302 g/mol. The number of rotatable bonds is 6. The van der Waals surface area contributed by atoms with Gasteiger partial charge in [-0.3, -0.25) is 4.79 Å². The molecule has 2 rings (SSSR count). The lowest BCUT2D eigenvalue weighted by atomic mass is 9.82. The van der Waals surface area contributed by atoms with E-state index in [2.05, 4.69) is 32.9 Å². The predicted octanol–water partition coefficient (Wildman–Crippen LogP) is 5.01. The highest BCUT2D eigenvalue weighted by Crippen LogP contribution is 2.28. The summed E-state index contributed by atoms with van der Waals surface area (Å²) in [5, 5.41) is 0. The maximum atomic E-state index is 12.0. The van der Waals surface area contributed by atoms with E-state index in [-0.39, 0.29) is 17.8 Å². The van der Waals surface area contributed by atoms with Crippen molar-refractivity contribution in [1.29, 1.82) is 0 Å². The Kier molecular flexibility index (Phi) is 4.84. The van der Waals surface area contributed by atoms with Gasteiger partial charge in [0.15, 0.2) is 6.61 Å². The lowest BCUT2D eigenvalue weighted by Crippen LogP contribution is -2.15. The second-order valence-electron chi connectivity index (χ2n) is 5.88. The largest absolute Gasteiger partial charge is 0.485 e.